The molecule has 2 amide bonds. The summed E-state index contributed by atoms with van der Waals surface area (Å²) in [5.41, 5.74) is 0.979. The van der Waals surface area contributed by atoms with Crippen LogP contribution >= 0.6 is 0 Å². The third-order valence-electron chi connectivity index (χ3n) is 5.35. The number of hydrogen-bond donors (Lipinski definition) is 2. The molecular formula is C18H27N7O4S. The Bertz CT molecular complexity index is 1060. The van der Waals surface area contributed by atoms with Crippen molar-refractivity contribution in [2.45, 2.75) is 38.1 Å². The fourth-order valence-electron chi connectivity index (χ4n) is 3.44. The number of carbonyl (C=O) groups is 2. The molecule has 1 aliphatic rings. The SMILES string of the molecule is CCn1cc(NC(=O)[C@H]2CCCN(S(=O)(=O)c3cnn(C)c3C)C2)c(C(=O)NC)n1. The first-order valence-corrected chi connectivity index (χ1v) is 11.2. The number of hydrogen-bond acceptors (Lipinski definition) is 6. The summed E-state index contributed by atoms with van der Waals surface area (Å²) in [4.78, 5) is 25.1. The molecule has 3 rings (SSSR count). The van der Waals surface area contributed by atoms with Crippen molar-refractivity contribution in [3.8, 4) is 0 Å². The lowest BCUT2D eigenvalue weighted by molar-refractivity contribution is -0.120. The highest BCUT2D eigenvalue weighted by Crippen LogP contribution is 2.26. The van der Waals surface area contributed by atoms with Crippen molar-refractivity contribution in [1.82, 2.24) is 29.2 Å². The van der Waals surface area contributed by atoms with Crippen molar-refractivity contribution >= 4 is 27.5 Å². The van der Waals surface area contributed by atoms with Crippen LogP contribution in [0.4, 0.5) is 5.69 Å². The molecule has 0 bridgehead atoms. The lowest BCUT2D eigenvalue weighted by Crippen LogP contribution is -2.43. The van der Waals surface area contributed by atoms with Gasteiger partial charge >= 0.3 is 0 Å². The molecule has 0 radical (unpaired) electrons. The Labute approximate surface area is 175 Å². The van der Waals surface area contributed by atoms with E-state index in [9.17, 15) is 18.0 Å². The number of carbonyl (C=O) groups excluding carboxylic acids is 2. The minimum atomic E-state index is -3.75. The molecule has 0 aliphatic carbocycles. The Hall–Kier alpha value is -2.73. The van der Waals surface area contributed by atoms with Gasteiger partial charge in [-0.25, -0.2) is 8.42 Å². The Balaban J connectivity index is 1.78. The second-order valence-corrected chi connectivity index (χ2v) is 9.14. The zero-order valence-corrected chi connectivity index (χ0v) is 18.4. The number of aromatic nitrogens is 4. The van der Waals surface area contributed by atoms with Gasteiger partial charge < -0.3 is 10.6 Å². The zero-order chi connectivity index (χ0) is 22.1. The van der Waals surface area contributed by atoms with Crippen molar-refractivity contribution < 1.29 is 18.0 Å². The van der Waals surface area contributed by atoms with Crippen LogP contribution in [-0.2, 0) is 28.4 Å². The molecule has 0 aromatic carbocycles. The third-order valence-corrected chi connectivity index (χ3v) is 7.32. The van der Waals surface area contributed by atoms with E-state index in [-0.39, 0.29) is 23.0 Å². The van der Waals surface area contributed by atoms with Gasteiger partial charge in [-0.2, -0.15) is 14.5 Å². The van der Waals surface area contributed by atoms with Crippen LogP contribution in [0.5, 0.6) is 0 Å². The van der Waals surface area contributed by atoms with E-state index < -0.39 is 21.8 Å². The van der Waals surface area contributed by atoms with Gasteiger partial charge in [0.25, 0.3) is 5.91 Å². The summed E-state index contributed by atoms with van der Waals surface area (Å²) in [6.45, 7) is 4.52. The van der Waals surface area contributed by atoms with Crippen molar-refractivity contribution in [3.05, 3.63) is 23.8 Å². The smallest absolute Gasteiger partial charge is 0.273 e. The minimum absolute atomic E-state index is 0.0692. The Morgan fingerprint density at radius 1 is 1.33 bits per heavy atom. The van der Waals surface area contributed by atoms with E-state index in [4.69, 9.17) is 0 Å². The van der Waals surface area contributed by atoms with Gasteiger partial charge in [0.05, 0.1) is 23.5 Å². The van der Waals surface area contributed by atoms with E-state index in [1.54, 1.807) is 24.9 Å². The Kier molecular flexibility index (Phi) is 6.27. The van der Waals surface area contributed by atoms with Gasteiger partial charge in [-0.3, -0.25) is 19.0 Å². The highest BCUT2D eigenvalue weighted by molar-refractivity contribution is 7.89. The number of nitrogens with zero attached hydrogens (tertiary/aromatic N) is 5. The normalized spacial score (nSPS) is 17.7. The summed E-state index contributed by atoms with van der Waals surface area (Å²) in [7, 11) is -0.576. The van der Waals surface area contributed by atoms with Crippen molar-refractivity contribution in [1.29, 1.82) is 0 Å². The molecule has 11 nitrogen and oxygen atoms in total. The van der Waals surface area contributed by atoms with Gasteiger partial charge in [-0.1, -0.05) is 0 Å². The average Bonchev–Trinajstić information content (AvgIpc) is 3.30. The molecule has 30 heavy (non-hydrogen) atoms. The number of rotatable bonds is 6. The first-order chi connectivity index (χ1) is 14.2. The quantitative estimate of drug-likeness (QED) is 0.670. The van der Waals surface area contributed by atoms with Crippen LogP contribution < -0.4 is 10.6 Å². The molecule has 3 heterocycles. The minimum Gasteiger partial charge on any atom is -0.354 e. The third kappa shape index (κ3) is 4.10. The number of anilines is 1. The largest absolute Gasteiger partial charge is 0.354 e. The van der Waals surface area contributed by atoms with Gasteiger partial charge in [-0.05, 0) is 26.7 Å². The maximum absolute atomic E-state index is 13.0. The van der Waals surface area contributed by atoms with E-state index in [1.165, 1.54) is 22.2 Å². The Morgan fingerprint density at radius 2 is 2.07 bits per heavy atom. The highest BCUT2D eigenvalue weighted by atomic mass is 32.2. The lowest BCUT2D eigenvalue weighted by Gasteiger charge is -2.31. The van der Waals surface area contributed by atoms with Gasteiger partial charge in [0.15, 0.2) is 5.69 Å². The molecule has 1 aliphatic heterocycles. The van der Waals surface area contributed by atoms with Gasteiger partial charge in [0.1, 0.15) is 4.90 Å². The van der Waals surface area contributed by atoms with Crippen LogP contribution in [0.1, 0.15) is 35.9 Å². The molecule has 12 heteroatoms. The average molecular weight is 438 g/mol. The molecule has 2 aromatic rings. The number of piperidine rings is 1. The summed E-state index contributed by atoms with van der Waals surface area (Å²) in [6, 6.07) is 0. The van der Waals surface area contributed by atoms with E-state index in [0.717, 1.165) is 0 Å². The summed E-state index contributed by atoms with van der Waals surface area (Å²) in [6.07, 6.45) is 4.05. The molecule has 0 saturated carbocycles. The molecular weight excluding hydrogens is 410 g/mol. The Morgan fingerprint density at radius 3 is 2.67 bits per heavy atom. The second-order valence-electron chi connectivity index (χ2n) is 7.24. The van der Waals surface area contributed by atoms with Crippen LogP contribution in [0.15, 0.2) is 17.3 Å². The fraction of sp³-hybridized carbons (Fsp3) is 0.556. The van der Waals surface area contributed by atoms with E-state index in [1.807, 2.05) is 6.92 Å². The highest BCUT2D eigenvalue weighted by Gasteiger charge is 2.35. The second kappa shape index (κ2) is 8.56. The van der Waals surface area contributed by atoms with Crippen molar-refractivity contribution in [2.24, 2.45) is 13.0 Å². The first kappa shape index (κ1) is 22.0. The fourth-order valence-corrected chi connectivity index (χ4v) is 5.15. The van der Waals surface area contributed by atoms with Crippen LogP contribution in [0.2, 0.25) is 0 Å². The van der Waals surface area contributed by atoms with E-state index in [2.05, 4.69) is 20.8 Å². The molecule has 2 aromatic heterocycles. The standard InChI is InChI=1S/C18H27N7O4S/c1-5-24-11-14(16(22-24)18(27)19-3)21-17(26)13-7-6-8-25(10-13)30(28,29)15-9-20-23(4)12(15)2/h9,11,13H,5-8,10H2,1-4H3,(H,19,27)(H,21,26)/t13-/m0/s1. The predicted molar refractivity (Wildman–Crippen MR) is 109 cm³/mol. The first-order valence-electron chi connectivity index (χ1n) is 9.78. The molecule has 0 spiro atoms. The molecule has 2 N–H and O–H groups in total. The van der Waals surface area contributed by atoms with Crippen LogP contribution in [0.25, 0.3) is 0 Å². The van der Waals surface area contributed by atoms with Crippen molar-refractivity contribution in [2.75, 3.05) is 25.5 Å². The van der Waals surface area contributed by atoms with E-state index >= 15 is 0 Å². The number of sulfonamides is 1. The number of aryl methyl sites for hydroxylation is 2. The lowest BCUT2D eigenvalue weighted by atomic mass is 9.99. The summed E-state index contributed by atoms with van der Waals surface area (Å²) in [5.74, 6) is -1.27. The number of nitrogens with one attached hydrogen (secondary N) is 2. The summed E-state index contributed by atoms with van der Waals surface area (Å²) >= 11 is 0. The van der Waals surface area contributed by atoms with Crippen LogP contribution in [0, 0.1) is 12.8 Å². The topological polar surface area (TPSA) is 131 Å². The van der Waals surface area contributed by atoms with Gasteiger partial charge in [0.2, 0.25) is 15.9 Å². The molecule has 1 saturated heterocycles. The van der Waals surface area contributed by atoms with Crippen molar-refractivity contribution in [3.63, 3.8) is 0 Å². The zero-order valence-electron chi connectivity index (χ0n) is 17.5. The van der Waals surface area contributed by atoms with E-state index in [0.29, 0.717) is 37.3 Å². The summed E-state index contributed by atoms with van der Waals surface area (Å²) in [5, 5.41) is 13.5. The van der Waals surface area contributed by atoms with Crippen LogP contribution in [0.3, 0.4) is 0 Å². The maximum Gasteiger partial charge on any atom is 0.273 e. The summed E-state index contributed by atoms with van der Waals surface area (Å²) < 4.78 is 30.5. The predicted octanol–water partition coefficient (Wildman–Crippen LogP) is 0.344. The monoisotopic (exact) mass is 437 g/mol. The maximum atomic E-state index is 13.0. The van der Waals surface area contributed by atoms with Crippen LogP contribution in [-0.4, -0.2) is 64.2 Å². The molecule has 1 atom stereocenters. The molecule has 164 valence electrons. The number of amides is 2. The van der Waals surface area contributed by atoms with Gasteiger partial charge in [-0.15, -0.1) is 0 Å². The van der Waals surface area contributed by atoms with Gasteiger partial charge in [0, 0.05) is 39.9 Å². The molecule has 0 unspecified atom stereocenters. The molecule has 1 fully saturated rings.